The van der Waals surface area contributed by atoms with E-state index >= 15 is 0 Å². The number of H-pyrrole nitrogens is 1. The summed E-state index contributed by atoms with van der Waals surface area (Å²) >= 11 is 6.27. The molecule has 3 aromatic heterocycles. The second kappa shape index (κ2) is 19.6. The van der Waals surface area contributed by atoms with E-state index in [1.807, 2.05) is 54.7 Å². The van der Waals surface area contributed by atoms with Crippen LogP contribution in [0.2, 0.25) is 5.02 Å². The molecule has 62 heavy (non-hydrogen) atoms. The van der Waals surface area contributed by atoms with E-state index in [0.717, 1.165) is 112 Å². The smallest absolute Gasteiger partial charge is 0.240 e. The predicted molar refractivity (Wildman–Crippen MR) is 245 cm³/mol. The van der Waals surface area contributed by atoms with Crippen LogP contribution in [0.15, 0.2) is 79.4 Å². The van der Waals surface area contributed by atoms with Crippen molar-refractivity contribution in [2.24, 2.45) is 11.7 Å². The minimum absolute atomic E-state index is 0.120. The number of carbonyl (C=O) groups is 2. The Labute approximate surface area is 369 Å². The van der Waals surface area contributed by atoms with Gasteiger partial charge in [-0.2, -0.15) is 0 Å². The molecule has 0 bridgehead atoms. The summed E-state index contributed by atoms with van der Waals surface area (Å²) in [6.07, 6.45) is 9.01. The second-order valence-corrected chi connectivity index (χ2v) is 17.8. The summed E-state index contributed by atoms with van der Waals surface area (Å²) in [5, 5.41) is 19.5. The van der Waals surface area contributed by atoms with E-state index in [0.29, 0.717) is 48.3 Å². The van der Waals surface area contributed by atoms with Crippen molar-refractivity contribution in [3.63, 3.8) is 0 Å². The van der Waals surface area contributed by atoms with Gasteiger partial charge in [0.2, 0.25) is 11.8 Å². The van der Waals surface area contributed by atoms with Crippen molar-refractivity contribution < 1.29 is 14.7 Å². The number of aryl methyl sites for hydroxylation is 1. The van der Waals surface area contributed by atoms with E-state index in [-0.39, 0.29) is 17.9 Å². The topological polar surface area (TPSA) is 172 Å². The molecular weight excluding hydrogens is 802 g/mol. The van der Waals surface area contributed by atoms with Gasteiger partial charge in [-0.05, 0) is 85.4 Å². The van der Waals surface area contributed by atoms with Crippen LogP contribution in [-0.4, -0.2) is 123 Å². The van der Waals surface area contributed by atoms with Gasteiger partial charge >= 0.3 is 0 Å². The molecule has 2 aromatic carbocycles. The number of aliphatic hydroxyl groups is 1. The Morgan fingerprint density at radius 3 is 2.40 bits per heavy atom. The summed E-state index contributed by atoms with van der Waals surface area (Å²) in [6, 6.07) is 19.8. The fourth-order valence-electron chi connectivity index (χ4n) is 9.30. The van der Waals surface area contributed by atoms with Crippen LogP contribution < -0.4 is 21.3 Å². The average molecular weight is 863 g/mol. The molecule has 15 heteroatoms. The molecule has 0 saturated carbocycles. The van der Waals surface area contributed by atoms with Crippen LogP contribution in [0.5, 0.6) is 0 Å². The number of pyridine rings is 1. The van der Waals surface area contributed by atoms with Gasteiger partial charge in [0.25, 0.3) is 0 Å². The number of rotatable bonds is 14. The van der Waals surface area contributed by atoms with E-state index < -0.39 is 11.8 Å². The summed E-state index contributed by atoms with van der Waals surface area (Å²) in [5.74, 6) is 1.09. The lowest BCUT2D eigenvalue weighted by atomic mass is 9.87. The molecule has 3 aliphatic heterocycles. The lowest BCUT2D eigenvalue weighted by Crippen LogP contribution is -2.60. The minimum Gasteiger partial charge on any atom is -0.372 e. The number of amides is 2. The second-order valence-electron chi connectivity index (χ2n) is 17.3. The van der Waals surface area contributed by atoms with Crippen LogP contribution in [0.3, 0.4) is 0 Å². The molecule has 2 atom stereocenters. The zero-order chi connectivity index (χ0) is 43.2. The monoisotopic (exact) mass is 861 g/mol. The predicted octanol–water partition coefficient (Wildman–Crippen LogP) is 5.76. The maximum absolute atomic E-state index is 14.0. The van der Waals surface area contributed by atoms with Gasteiger partial charge in [0.05, 0.1) is 22.7 Å². The number of fused-ring (bicyclic) bond motifs is 1. The van der Waals surface area contributed by atoms with Crippen LogP contribution >= 0.6 is 11.6 Å². The number of likely N-dealkylation sites (tertiary alicyclic amines) is 1. The third-order valence-electron chi connectivity index (χ3n) is 13.2. The molecule has 328 valence electrons. The Morgan fingerprint density at radius 2 is 1.68 bits per heavy atom. The van der Waals surface area contributed by atoms with Crippen molar-refractivity contribution in [1.29, 1.82) is 0 Å². The highest BCUT2D eigenvalue weighted by molar-refractivity contribution is 6.30. The number of aromatic amines is 1. The molecule has 5 aromatic rings. The Balaban J connectivity index is 0.809. The third-order valence-corrected chi connectivity index (χ3v) is 13.4. The highest BCUT2D eigenvalue weighted by Gasteiger charge is 2.39. The van der Waals surface area contributed by atoms with Crippen molar-refractivity contribution >= 4 is 46.0 Å². The number of piperazine rings is 1. The van der Waals surface area contributed by atoms with Gasteiger partial charge in [0, 0.05) is 95.4 Å². The molecule has 3 fully saturated rings. The quantitative estimate of drug-likeness (QED) is 0.0920. The molecule has 3 saturated heterocycles. The Hall–Kier alpha value is -4.96. The SMILES string of the molecule is CCc1cccc(-c2cnc(C(O)N3CCC(CN4CCN(CC[C@H](NC(=O)C5(N)CCN(c6ncnc7[nH]ccc67)CC5)c5ccc(Cl)cc5)CC4)CC3)c(NC(C)=O)c2)c1. The minimum atomic E-state index is -0.981. The van der Waals surface area contributed by atoms with Crippen LogP contribution in [-0.2, 0) is 16.0 Å². The van der Waals surface area contributed by atoms with E-state index in [4.69, 9.17) is 22.3 Å². The fourth-order valence-corrected chi connectivity index (χ4v) is 9.43. The lowest BCUT2D eigenvalue weighted by molar-refractivity contribution is -0.128. The van der Waals surface area contributed by atoms with E-state index in [2.05, 4.69) is 64.2 Å². The first-order valence-electron chi connectivity index (χ1n) is 22.2. The van der Waals surface area contributed by atoms with Crippen molar-refractivity contribution in [2.45, 2.75) is 70.2 Å². The van der Waals surface area contributed by atoms with Crippen LogP contribution in [0.1, 0.15) is 75.0 Å². The van der Waals surface area contributed by atoms with Crippen molar-refractivity contribution in [3.8, 4) is 11.1 Å². The lowest BCUT2D eigenvalue weighted by Gasteiger charge is -2.40. The van der Waals surface area contributed by atoms with E-state index in [1.165, 1.54) is 12.5 Å². The Bertz CT molecular complexity index is 2300. The number of nitrogens with two attached hydrogens (primary N) is 1. The van der Waals surface area contributed by atoms with Gasteiger partial charge in [-0.15, -0.1) is 0 Å². The van der Waals surface area contributed by atoms with Gasteiger partial charge in [0.15, 0.2) is 6.23 Å². The van der Waals surface area contributed by atoms with Crippen molar-refractivity contribution in [1.82, 2.24) is 40.0 Å². The van der Waals surface area contributed by atoms with Gasteiger partial charge in [-0.3, -0.25) is 19.5 Å². The number of piperidine rings is 2. The Kier molecular flexibility index (Phi) is 13.8. The molecular formula is C47H60ClN11O3. The van der Waals surface area contributed by atoms with Crippen LogP contribution in [0, 0.1) is 5.92 Å². The summed E-state index contributed by atoms with van der Waals surface area (Å²) in [4.78, 5) is 52.2. The zero-order valence-electron chi connectivity index (χ0n) is 35.9. The third kappa shape index (κ3) is 10.3. The average Bonchev–Trinajstić information content (AvgIpc) is 3.78. The first-order chi connectivity index (χ1) is 30.0. The van der Waals surface area contributed by atoms with Gasteiger partial charge in [0.1, 0.15) is 23.5 Å². The molecule has 3 aliphatic rings. The van der Waals surface area contributed by atoms with Crippen LogP contribution in [0.25, 0.3) is 22.2 Å². The van der Waals surface area contributed by atoms with E-state index in [1.54, 1.807) is 12.5 Å². The zero-order valence-corrected chi connectivity index (χ0v) is 36.7. The highest BCUT2D eigenvalue weighted by Crippen LogP contribution is 2.33. The molecule has 0 aliphatic carbocycles. The normalized spacial score (nSPS) is 19.0. The number of carbonyl (C=O) groups excluding carboxylic acids is 2. The van der Waals surface area contributed by atoms with E-state index in [9.17, 15) is 14.7 Å². The summed E-state index contributed by atoms with van der Waals surface area (Å²) < 4.78 is 0. The molecule has 1 unspecified atom stereocenters. The maximum atomic E-state index is 14.0. The number of nitrogens with one attached hydrogen (secondary N) is 3. The molecule has 0 radical (unpaired) electrons. The van der Waals surface area contributed by atoms with Crippen LogP contribution in [0.4, 0.5) is 11.5 Å². The highest BCUT2D eigenvalue weighted by atomic mass is 35.5. The number of nitrogens with zero attached hydrogens (tertiary/aromatic N) is 7. The molecule has 0 spiro atoms. The summed E-state index contributed by atoms with van der Waals surface area (Å²) in [7, 11) is 0. The van der Waals surface area contributed by atoms with Gasteiger partial charge in [-0.25, -0.2) is 9.97 Å². The largest absolute Gasteiger partial charge is 0.372 e. The number of hydrogen-bond donors (Lipinski definition) is 5. The first-order valence-corrected chi connectivity index (χ1v) is 22.5. The Morgan fingerprint density at radius 1 is 0.935 bits per heavy atom. The van der Waals surface area contributed by atoms with Gasteiger partial charge in [-0.1, -0.05) is 54.9 Å². The molecule has 2 amide bonds. The van der Waals surface area contributed by atoms with Gasteiger partial charge < -0.3 is 41.2 Å². The standard InChI is InChI=1S/C47H60ClN11O3/c1-3-33-5-4-6-36(27-33)37-28-41(54-32(2)60)42(51-29-37)45(61)59-19-12-34(13-20-59)30-57-25-23-56(24-26-57)18-14-40(35-7-9-38(48)10-8-35)55-46(62)47(49)15-21-58(22-16-47)44-39-11-17-50-43(39)52-31-53-44/h4-11,17,27-29,31,34,40,45,61H,3,12-16,18-26,30,49H2,1-2H3,(H,54,60)(H,55,62)(H,50,52,53)/t40-,45?/m0/s1. The first kappa shape index (κ1) is 43.7. The van der Waals surface area contributed by atoms with Crippen molar-refractivity contribution in [2.75, 3.05) is 75.7 Å². The number of aliphatic hydroxyl groups excluding tert-OH is 1. The number of anilines is 2. The number of aromatic nitrogens is 4. The maximum Gasteiger partial charge on any atom is 0.240 e. The summed E-state index contributed by atoms with van der Waals surface area (Å²) in [6.45, 7) is 12.2. The fraction of sp³-hybridized carbons (Fsp3) is 0.468. The molecule has 6 heterocycles. The summed E-state index contributed by atoms with van der Waals surface area (Å²) in [5.41, 5.74) is 11.9. The van der Waals surface area contributed by atoms with Crippen molar-refractivity contribution in [3.05, 3.63) is 101 Å². The molecule has 8 rings (SSSR count). The molecule has 6 N–H and O–H groups in total. The molecule has 14 nitrogen and oxygen atoms in total. The number of halogens is 1. The number of benzene rings is 2. The number of hydrogen-bond acceptors (Lipinski definition) is 11.